The standard InChI is InChI=1S/C14H22ClNOS/c1-14(16,11-17)8-4-5-9-18-10-12-6-2-3-7-13(12)15/h2-3,6-7,17H,4-5,8-11,16H2,1H3. The van der Waals surface area contributed by atoms with Crippen LogP contribution in [-0.2, 0) is 5.75 Å². The van der Waals surface area contributed by atoms with E-state index in [1.54, 1.807) is 0 Å². The summed E-state index contributed by atoms with van der Waals surface area (Å²) in [4.78, 5) is 0. The molecule has 0 aliphatic carbocycles. The van der Waals surface area contributed by atoms with Crippen molar-refractivity contribution < 1.29 is 5.11 Å². The van der Waals surface area contributed by atoms with Gasteiger partial charge in [0.25, 0.3) is 0 Å². The zero-order chi connectivity index (χ0) is 13.4. The highest BCUT2D eigenvalue weighted by Gasteiger charge is 2.15. The highest BCUT2D eigenvalue weighted by atomic mass is 35.5. The van der Waals surface area contributed by atoms with E-state index in [1.165, 1.54) is 5.56 Å². The lowest BCUT2D eigenvalue weighted by Crippen LogP contribution is -2.39. The lowest BCUT2D eigenvalue weighted by molar-refractivity contribution is 0.198. The van der Waals surface area contributed by atoms with E-state index in [0.717, 1.165) is 35.8 Å². The summed E-state index contributed by atoms with van der Waals surface area (Å²) in [7, 11) is 0. The number of hydrogen-bond donors (Lipinski definition) is 2. The van der Waals surface area contributed by atoms with Crippen LogP contribution in [0.5, 0.6) is 0 Å². The number of nitrogens with two attached hydrogens (primary N) is 1. The summed E-state index contributed by atoms with van der Waals surface area (Å²) in [5, 5.41) is 9.88. The van der Waals surface area contributed by atoms with Gasteiger partial charge in [0, 0.05) is 16.3 Å². The Labute approximate surface area is 119 Å². The Hall–Kier alpha value is -0.220. The molecule has 0 saturated carbocycles. The Balaban J connectivity index is 2.11. The van der Waals surface area contributed by atoms with Gasteiger partial charge in [0.05, 0.1) is 6.61 Å². The van der Waals surface area contributed by atoms with E-state index in [9.17, 15) is 0 Å². The highest BCUT2D eigenvalue weighted by Crippen LogP contribution is 2.21. The average Bonchev–Trinajstić information content (AvgIpc) is 2.35. The molecule has 0 radical (unpaired) electrons. The Morgan fingerprint density at radius 1 is 1.33 bits per heavy atom. The van der Waals surface area contributed by atoms with Crippen LogP contribution in [0, 0.1) is 0 Å². The predicted molar refractivity (Wildman–Crippen MR) is 81.1 cm³/mol. The van der Waals surface area contributed by atoms with Gasteiger partial charge in [0.15, 0.2) is 0 Å². The van der Waals surface area contributed by atoms with E-state index < -0.39 is 5.54 Å². The normalized spacial score (nSPS) is 14.4. The number of aliphatic hydroxyl groups excluding tert-OH is 1. The van der Waals surface area contributed by atoms with Gasteiger partial charge in [-0.2, -0.15) is 11.8 Å². The number of benzene rings is 1. The summed E-state index contributed by atoms with van der Waals surface area (Å²) < 4.78 is 0. The van der Waals surface area contributed by atoms with Crippen molar-refractivity contribution in [1.82, 2.24) is 0 Å². The smallest absolute Gasteiger partial charge is 0.0608 e. The van der Waals surface area contributed by atoms with E-state index in [-0.39, 0.29) is 6.61 Å². The van der Waals surface area contributed by atoms with Gasteiger partial charge in [-0.3, -0.25) is 0 Å². The molecule has 0 heterocycles. The first-order chi connectivity index (χ1) is 8.55. The van der Waals surface area contributed by atoms with Crippen LogP contribution in [0.3, 0.4) is 0 Å². The highest BCUT2D eigenvalue weighted by molar-refractivity contribution is 7.98. The molecule has 0 amide bonds. The molecule has 0 spiro atoms. The summed E-state index contributed by atoms with van der Waals surface area (Å²) in [6, 6.07) is 7.97. The number of unbranched alkanes of at least 4 members (excludes halogenated alkanes) is 1. The van der Waals surface area contributed by atoms with Crippen molar-refractivity contribution in [3.63, 3.8) is 0 Å². The van der Waals surface area contributed by atoms with Gasteiger partial charge in [-0.15, -0.1) is 0 Å². The maximum atomic E-state index is 9.03. The largest absolute Gasteiger partial charge is 0.394 e. The van der Waals surface area contributed by atoms with Crippen LogP contribution >= 0.6 is 23.4 Å². The molecular formula is C14H22ClNOS. The quantitative estimate of drug-likeness (QED) is 0.720. The first kappa shape index (κ1) is 15.8. The van der Waals surface area contributed by atoms with Crippen molar-refractivity contribution in [2.24, 2.45) is 5.73 Å². The summed E-state index contributed by atoms with van der Waals surface area (Å²) in [6.07, 6.45) is 3.06. The second-order valence-electron chi connectivity index (χ2n) is 4.91. The maximum absolute atomic E-state index is 9.03. The lowest BCUT2D eigenvalue weighted by atomic mass is 9.98. The van der Waals surface area contributed by atoms with Gasteiger partial charge < -0.3 is 10.8 Å². The van der Waals surface area contributed by atoms with Crippen LogP contribution in [0.15, 0.2) is 24.3 Å². The summed E-state index contributed by atoms with van der Waals surface area (Å²) in [5.74, 6) is 2.06. The van der Waals surface area contributed by atoms with Crippen LogP contribution in [0.4, 0.5) is 0 Å². The molecule has 18 heavy (non-hydrogen) atoms. The van der Waals surface area contributed by atoms with Crippen molar-refractivity contribution in [1.29, 1.82) is 0 Å². The molecule has 3 N–H and O–H groups in total. The summed E-state index contributed by atoms with van der Waals surface area (Å²) in [6.45, 7) is 1.95. The van der Waals surface area contributed by atoms with Gasteiger partial charge in [-0.1, -0.05) is 36.2 Å². The fraction of sp³-hybridized carbons (Fsp3) is 0.571. The molecule has 0 aliphatic heterocycles. The molecule has 1 rings (SSSR count). The van der Waals surface area contributed by atoms with E-state index in [0.29, 0.717) is 0 Å². The van der Waals surface area contributed by atoms with Gasteiger partial charge in [-0.25, -0.2) is 0 Å². The third-order valence-electron chi connectivity index (χ3n) is 2.86. The zero-order valence-electron chi connectivity index (χ0n) is 10.9. The molecule has 4 heteroatoms. The molecule has 0 aromatic heterocycles. The third kappa shape index (κ3) is 6.10. The first-order valence-electron chi connectivity index (χ1n) is 6.26. The second kappa shape index (κ2) is 8.05. The monoisotopic (exact) mass is 287 g/mol. The van der Waals surface area contributed by atoms with E-state index in [1.807, 2.05) is 36.9 Å². The van der Waals surface area contributed by atoms with Crippen LogP contribution in [-0.4, -0.2) is 23.0 Å². The summed E-state index contributed by atoms with van der Waals surface area (Å²) >= 11 is 7.98. The van der Waals surface area contributed by atoms with Crippen molar-refractivity contribution in [2.75, 3.05) is 12.4 Å². The van der Waals surface area contributed by atoms with Gasteiger partial charge in [0.2, 0.25) is 0 Å². The Morgan fingerprint density at radius 3 is 2.72 bits per heavy atom. The van der Waals surface area contributed by atoms with E-state index in [4.69, 9.17) is 22.4 Å². The zero-order valence-corrected chi connectivity index (χ0v) is 12.4. The van der Waals surface area contributed by atoms with Crippen molar-refractivity contribution in [2.45, 2.75) is 37.5 Å². The molecule has 1 aromatic rings. The van der Waals surface area contributed by atoms with Crippen LogP contribution in [0.2, 0.25) is 5.02 Å². The minimum atomic E-state index is -0.423. The van der Waals surface area contributed by atoms with E-state index >= 15 is 0 Å². The molecule has 1 atom stereocenters. The van der Waals surface area contributed by atoms with Crippen LogP contribution < -0.4 is 5.73 Å². The third-order valence-corrected chi connectivity index (χ3v) is 4.32. The molecular weight excluding hydrogens is 266 g/mol. The topological polar surface area (TPSA) is 46.2 Å². The van der Waals surface area contributed by atoms with Crippen molar-refractivity contribution in [3.8, 4) is 0 Å². The fourth-order valence-corrected chi connectivity index (χ4v) is 2.92. The van der Waals surface area contributed by atoms with Crippen LogP contribution in [0.25, 0.3) is 0 Å². The number of rotatable bonds is 8. The second-order valence-corrected chi connectivity index (χ2v) is 6.43. The van der Waals surface area contributed by atoms with E-state index in [2.05, 4.69) is 6.07 Å². The maximum Gasteiger partial charge on any atom is 0.0608 e. The molecule has 0 bridgehead atoms. The number of hydrogen-bond acceptors (Lipinski definition) is 3. The van der Waals surface area contributed by atoms with Crippen LogP contribution in [0.1, 0.15) is 31.7 Å². The number of thioether (sulfide) groups is 1. The molecule has 102 valence electrons. The minimum absolute atomic E-state index is 0.0553. The average molecular weight is 288 g/mol. The predicted octanol–water partition coefficient (Wildman–Crippen LogP) is 3.45. The Kier molecular flexibility index (Phi) is 7.08. The van der Waals surface area contributed by atoms with Gasteiger partial charge in [-0.05, 0) is 37.1 Å². The molecule has 2 nitrogen and oxygen atoms in total. The summed E-state index contributed by atoms with van der Waals surface area (Å²) in [5.41, 5.74) is 6.64. The SMILES string of the molecule is CC(N)(CO)CCCCSCc1ccccc1Cl. The van der Waals surface area contributed by atoms with Gasteiger partial charge in [0.1, 0.15) is 0 Å². The van der Waals surface area contributed by atoms with Crippen molar-refractivity contribution in [3.05, 3.63) is 34.9 Å². The molecule has 0 aliphatic rings. The minimum Gasteiger partial charge on any atom is -0.394 e. The molecule has 0 saturated heterocycles. The number of halogens is 1. The molecule has 0 fully saturated rings. The van der Waals surface area contributed by atoms with Gasteiger partial charge >= 0.3 is 0 Å². The van der Waals surface area contributed by atoms with Crippen molar-refractivity contribution >= 4 is 23.4 Å². The first-order valence-corrected chi connectivity index (χ1v) is 7.79. The molecule has 1 aromatic carbocycles. The molecule has 1 unspecified atom stereocenters. The number of aliphatic hydroxyl groups is 1. The Morgan fingerprint density at radius 2 is 2.06 bits per heavy atom. The lowest BCUT2D eigenvalue weighted by Gasteiger charge is -2.21. The fourth-order valence-electron chi connectivity index (χ4n) is 1.61. The Bertz CT molecular complexity index is 357.